The van der Waals surface area contributed by atoms with Crippen LogP contribution in [0, 0.1) is 10.1 Å². The van der Waals surface area contributed by atoms with Gasteiger partial charge in [-0.2, -0.15) is 0 Å². The maximum absolute atomic E-state index is 12.3. The molecule has 3 amide bonds. The number of anilines is 1. The Hall–Kier alpha value is -4.73. The Morgan fingerprint density at radius 3 is 2.06 bits per heavy atom. The Morgan fingerprint density at radius 1 is 0.879 bits per heavy atom. The van der Waals surface area contributed by atoms with Crippen LogP contribution >= 0.6 is 0 Å². The van der Waals surface area contributed by atoms with Crippen LogP contribution < -0.4 is 20.9 Å². The monoisotopic (exact) mass is 448 g/mol. The highest BCUT2D eigenvalue weighted by Gasteiger charge is 2.16. The summed E-state index contributed by atoms with van der Waals surface area (Å²) in [4.78, 5) is 47.1. The molecule has 0 aliphatic rings. The van der Waals surface area contributed by atoms with E-state index >= 15 is 0 Å². The molecule has 0 saturated carbocycles. The van der Waals surface area contributed by atoms with E-state index in [-0.39, 0.29) is 29.3 Å². The van der Waals surface area contributed by atoms with Crippen LogP contribution in [0.25, 0.3) is 0 Å². The van der Waals surface area contributed by atoms with Crippen LogP contribution in [0.3, 0.4) is 0 Å². The van der Waals surface area contributed by atoms with Crippen molar-refractivity contribution in [1.82, 2.24) is 10.9 Å². The zero-order valence-electron chi connectivity index (χ0n) is 17.5. The summed E-state index contributed by atoms with van der Waals surface area (Å²) in [6, 6.07) is 18.7. The molecule has 0 radical (unpaired) electrons. The topological polar surface area (TPSA) is 140 Å². The van der Waals surface area contributed by atoms with Crippen molar-refractivity contribution < 1.29 is 24.0 Å². The van der Waals surface area contributed by atoms with Gasteiger partial charge in [0.1, 0.15) is 0 Å². The smallest absolute Gasteiger partial charge is 0.311 e. The molecule has 0 aliphatic heterocycles. The number of carbonyl (C=O) groups excluding carboxylic acids is 3. The zero-order valence-corrected chi connectivity index (χ0v) is 17.5. The van der Waals surface area contributed by atoms with Gasteiger partial charge in [-0.1, -0.05) is 24.3 Å². The van der Waals surface area contributed by atoms with Crippen LogP contribution in [0.5, 0.6) is 5.75 Å². The lowest BCUT2D eigenvalue weighted by Gasteiger charge is -2.09. The molecule has 3 aromatic carbocycles. The molecule has 33 heavy (non-hydrogen) atoms. The van der Waals surface area contributed by atoms with Crippen molar-refractivity contribution in [3.05, 3.63) is 99.6 Å². The zero-order chi connectivity index (χ0) is 23.8. The van der Waals surface area contributed by atoms with Crippen LogP contribution in [0.15, 0.2) is 72.8 Å². The Labute approximate surface area is 188 Å². The summed E-state index contributed by atoms with van der Waals surface area (Å²) in [5, 5.41) is 13.8. The minimum absolute atomic E-state index is 0.0847. The van der Waals surface area contributed by atoms with Gasteiger partial charge in [-0.15, -0.1) is 0 Å². The summed E-state index contributed by atoms with van der Waals surface area (Å²) >= 11 is 0. The third-order valence-electron chi connectivity index (χ3n) is 4.56. The van der Waals surface area contributed by atoms with E-state index in [1.165, 1.54) is 43.5 Å². The maximum atomic E-state index is 12.3. The number of nitro benzene ring substituents is 1. The van der Waals surface area contributed by atoms with E-state index in [0.717, 1.165) is 0 Å². The second-order valence-corrected chi connectivity index (χ2v) is 6.84. The average molecular weight is 448 g/mol. The Kier molecular flexibility index (Phi) is 7.32. The van der Waals surface area contributed by atoms with E-state index < -0.39 is 16.7 Å². The van der Waals surface area contributed by atoms with Crippen molar-refractivity contribution in [3.8, 4) is 5.75 Å². The highest BCUT2D eigenvalue weighted by molar-refractivity contribution is 5.99. The molecular weight excluding hydrogens is 428 g/mol. The first-order chi connectivity index (χ1) is 15.9. The number of nitrogens with one attached hydrogen (secondary N) is 3. The molecule has 10 nitrogen and oxygen atoms in total. The number of carbonyl (C=O) groups is 3. The van der Waals surface area contributed by atoms with Crippen LogP contribution in [0.4, 0.5) is 11.4 Å². The molecule has 10 heteroatoms. The number of amides is 3. The summed E-state index contributed by atoms with van der Waals surface area (Å²) < 4.78 is 4.95. The fourth-order valence-corrected chi connectivity index (χ4v) is 2.93. The van der Waals surface area contributed by atoms with Gasteiger partial charge in [0.15, 0.2) is 5.75 Å². The van der Waals surface area contributed by atoms with Crippen molar-refractivity contribution in [3.63, 3.8) is 0 Å². The van der Waals surface area contributed by atoms with Crippen LogP contribution in [-0.4, -0.2) is 29.8 Å². The number of methoxy groups -OCH3 is 1. The first-order valence-electron chi connectivity index (χ1n) is 9.74. The summed E-state index contributed by atoms with van der Waals surface area (Å²) in [5.74, 6) is -1.26. The fourth-order valence-electron chi connectivity index (χ4n) is 2.93. The molecule has 3 aromatic rings. The predicted octanol–water partition coefficient (Wildman–Crippen LogP) is 2.86. The van der Waals surface area contributed by atoms with Gasteiger partial charge in [0.05, 0.1) is 18.5 Å². The van der Waals surface area contributed by atoms with E-state index in [0.29, 0.717) is 16.8 Å². The van der Waals surface area contributed by atoms with Gasteiger partial charge in [-0.25, -0.2) is 0 Å². The minimum Gasteiger partial charge on any atom is -0.490 e. The van der Waals surface area contributed by atoms with E-state index in [2.05, 4.69) is 16.2 Å². The highest BCUT2D eigenvalue weighted by atomic mass is 16.6. The first-order valence-corrected chi connectivity index (χ1v) is 9.74. The summed E-state index contributed by atoms with van der Waals surface area (Å²) in [5.41, 5.74) is 5.98. The van der Waals surface area contributed by atoms with Crippen molar-refractivity contribution in [2.75, 3.05) is 12.4 Å². The number of hydrogen-bond donors (Lipinski definition) is 3. The quantitative estimate of drug-likeness (QED) is 0.375. The van der Waals surface area contributed by atoms with Gasteiger partial charge in [0.2, 0.25) is 5.91 Å². The lowest BCUT2D eigenvalue weighted by Crippen LogP contribution is -2.41. The van der Waals surface area contributed by atoms with Gasteiger partial charge < -0.3 is 10.1 Å². The molecule has 3 N–H and O–H groups in total. The second-order valence-electron chi connectivity index (χ2n) is 6.84. The van der Waals surface area contributed by atoms with Crippen molar-refractivity contribution in [2.24, 2.45) is 0 Å². The number of benzene rings is 3. The number of rotatable bonds is 7. The molecule has 0 saturated heterocycles. The van der Waals surface area contributed by atoms with Gasteiger partial charge in [0.25, 0.3) is 11.8 Å². The fraction of sp³-hybridized carbons (Fsp3) is 0.0870. The predicted molar refractivity (Wildman–Crippen MR) is 120 cm³/mol. The standard InChI is InChI=1S/C23H20N4O6/c1-33-20-12-7-15(13-19(20)27(31)32)14-21(28)24-18-10-8-17(9-11-18)23(30)26-25-22(29)16-5-3-2-4-6-16/h2-13H,14H2,1H3,(H,24,28)(H,25,29)(H,26,30). The first kappa shape index (κ1) is 22.9. The molecular formula is C23H20N4O6. The SMILES string of the molecule is COc1ccc(CC(=O)Nc2ccc(C(=O)NNC(=O)c3ccccc3)cc2)cc1[N+](=O)[O-]. The Bertz CT molecular complexity index is 1180. The minimum atomic E-state index is -0.577. The van der Waals surface area contributed by atoms with Crippen LogP contribution in [0.2, 0.25) is 0 Å². The number of hydrogen-bond acceptors (Lipinski definition) is 6. The van der Waals surface area contributed by atoms with Gasteiger partial charge in [0, 0.05) is 22.9 Å². The molecule has 0 bridgehead atoms. The number of ether oxygens (including phenoxy) is 1. The Balaban J connectivity index is 1.55. The largest absolute Gasteiger partial charge is 0.490 e. The highest BCUT2D eigenvalue weighted by Crippen LogP contribution is 2.27. The average Bonchev–Trinajstić information content (AvgIpc) is 2.83. The molecule has 0 fully saturated rings. The van der Waals surface area contributed by atoms with Gasteiger partial charge in [-0.3, -0.25) is 35.3 Å². The molecule has 0 spiro atoms. The number of nitrogens with zero attached hydrogens (tertiary/aromatic N) is 1. The normalized spacial score (nSPS) is 10.1. The molecule has 3 rings (SSSR count). The number of hydrazine groups is 1. The van der Waals surface area contributed by atoms with Crippen LogP contribution in [0.1, 0.15) is 26.3 Å². The summed E-state index contributed by atoms with van der Waals surface area (Å²) in [6.45, 7) is 0. The molecule has 0 heterocycles. The molecule has 0 atom stereocenters. The third-order valence-corrected chi connectivity index (χ3v) is 4.56. The van der Waals surface area contributed by atoms with E-state index in [1.54, 1.807) is 36.4 Å². The van der Waals surface area contributed by atoms with Crippen molar-refractivity contribution in [1.29, 1.82) is 0 Å². The van der Waals surface area contributed by atoms with E-state index in [9.17, 15) is 24.5 Å². The van der Waals surface area contributed by atoms with E-state index in [4.69, 9.17) is 4.74 Å². The second kappa shape index (κ2) is 10.5. The third kappa shape index (κ3) is 6.14. The van der Waals surface area contributed by atoms with Crippen molar-refractivity contribution >= 4 is 29.1 Å². The molecule has 0 aromatic heterocycles. The van der Waals surface area contributed by atoms with Gasteiger partial charge in [-0.05, 0) is 48.0 Å². The Morgan fingerprint density at radius 2 is 1.48 bits per heavy atom. The molecule has 0 aliphatic carbocycles. The van der Waals surface area contributed by atoms with Gasteiger partial charge >= 0.3 is 5.69 Å². The van der Waals surface area contributed by atoms with E-state index in [1.807, 2.05) is 0 Å². The lowest BCUT2D eigenvalue weighted by molar-refractivity contribution is -0.385. The summed E-state index contributed by atoms with van der Waals surface area (Å²) in [6.07, 6.45) is -0.0847. The molecule has 168 valence electrons. The maximum Gasteiger partial charge on any atom is 0.311 e. The number of nitro groups is 1. The lowest BCUT2D eigenvalue weighted by atomic mass is 10.1. The van der Waals surface area contributed by atoms with Crippen molar-refractivity contribution in [2.45, 2.75) is 6.42 Å². The molecule has 0 unspecified atom stereocenters. The van der Waals surface area contributed by atoms with Crippen LogP contribution in [-0.2, 0) is 11.2 Å². The summed E-state index contributed by atoms with van der Waals surface area (Å²) in [7, 11) is 1.33.